The highest BCUT2D eigenvalue weighted by Gasteiger charge is 2.23. The summed E-state index contributed by atoms with van der Waals surface area (Å²) in [5.41, 5.74) is 5.27. The van der Waals surface area contributed by atoms with Gasteiger partial charge in [0, 0.05) is 44.5 Å². The Bertz CT molecular complexity index is 885. The van der Waals surface area contributed by atoms with Gasteiger partial charge in [-0.05, 0) is 44.2 Å². The van der Waals surface area contributed by atoms with Gasteiger partial charge in [0.15, 0.2) is 0 Å². The highest BCUT2D eigenvalue weighted by atomic mass is 16.2. The third kappa shape index (κ3) is 3.48. The van der Waals surface area contributed by atoms with Crippen molar-refractivity contribution in [2.75, 3.05) is 26.2 Å². The van der Waals surface area contributed by atoms with Gasteiger partial charge in [0.2, 0.25) is 0 Å². The zero-order chi connectivity index (χ0) is 18.1. The molecule has 1 aliphatic heterocycles. The van der Waals surface area contributed by atoms with E-state index in [-0.39, 0.29) is 5.91 Å². The van der Waals surface area contributed by atoms with Gasteiger partial charge >= 0.3 is 0 Å². The Morgan fingerprint density at radius 2 is 1.73 bits per heavy atom. The molecule has 1 aliphatic rings. The minimum atomic E-state index is 0.143. The molecule has 2 aromatic heterocycles. The first kappa shape index (κ1) is 16.8. The van der Waals surface area contributed by atoms with Gasteiger partial charge in [-0.1, -0.05) is 23.3 Å². The highest BCUT2D eigenvalue weighted by Crippen LogP contribution is 2.15. The number of nitrogens with zero attached hydrogens (tertiary/aromatic N) is 4. The summed E-state index contributed by atoms with van der Waals surface area (Å²) in [4.78, 5) is 17.1. The van der Waals surface area contributed by atoms with Crippen molar-refractivity contribution in [1.29, 1.82) is 0 Å². The summed E-state index contributed by atoms with van der Waals surface area (Å²) < 4.78 is 1.91. The van der Waals surface area contributed by atoms with Crippen LogP contribution in [-0.4, -0.2) is 51.5 Å². The lowest BCUT2D eigenvalue weighted by Gasteiger charge is -2.34. The summed E-state index contributed by atoms with van der Waals surface area (Å²) in [6.07, 6.45) is 1.97. The molecule has 5 heteroatoms. The molecule has 5 nitrogen and oxygen atoms in total. The third-order valence-corrected chi connectivity index (χ3v) is 4.93. The first-order valence-electron chi connectivity index (χ1n) is 9.12. The molecule has 0 radical (unpaired) electrons. The molecule has 1 aromatic carbocycles. The molecule has 26 heavy (non-hydrogen) atoms. The molecule has 0 atom stereocenters. The number of hydrogen-bond donors (Lipinski definition) is 0. The minimum Gasteiger partial charge on any atom is -0.336 e. The Morgan fingerprint density at radius 1 is 1.00 bits per heavy atom. The van der Waals surface area contributed by atoms with E-state index in [2.05, 4.69) is 28.2 Å². The highest BCUT2D eigenvalue weighted by molar-refractivity contribution is 5.94. The van der Waals surface area contributed by atoms with Crippen LogP contribution < -0.4 is 0 Å². The van der Waals surface area contributed by atoms with Crippen LogP contribution in [0.4, 0.5) is 0 Å². The average Bonchev–Trinajstić information content (AvgIpc) is 3.03. The fourth-order valence-corrected chi connectivity index (χ4v) is 3.69. The topological polar surface area (TPSA) is 40.9 Å². The maximum atomic E-state index is 12.8. The van der Waals surface area contributed by atoms with Crippen LogP contribution in [-0.2, 0) is 6.54 Å². The molecule has 0 saturated carbocycles. The number of carbonyl (C=O) groups excluding carboxylic acids is 1. The molecule has 4 rings (SSSR count). The van der Waals surface area contributed by atoms with Gasteiger partial charge in [0.1, 0.15) is 0 Å². The summed E-state index contributed by atoms with van der Waals surface area (Å²) in [6, 6.07) is 14.3. The summed E-state index contributed by atoms with van der Waals surface area (Å²) in [5, 5.41) is 4.62. The van der Waals surface area contributed by atoms with Crippen molar-refractivity contribution in [3.63, 3.8) is 0 Å². The molecule has 3 aromatic rings. The number of aryl methyl sites for hydroxylation is 2. The van der Waals surface area contributed by atoms with Gasteiger partial charge in [-0.2, -0.15) is 5.10 Å². The van der Waals surface area contributed by atoms with Gasteiger partial charge in [-0.3, -0.25) is 9.69 Å². The van der Waals surface area contributed by atoms with Crippen LogP contribution >= 0.6 is 0 Å². The Labute approximate surface area is 153 Å². The molecule has 3 heterocycles. The summed E-state index contributed by atoms with van der Waals surface area (Å²) in [7, 11) is 0. The molecule has 1 fully saturated rings. The van der Waals surface area contributed by atoms with Gasteiger partial charge < -0.3 is 4.90 Å². The fraction of sp³-hybridized carbons (Fsp3) is 0.333. The van der Waals surface area contributed by atoms with Crippen LogP contribution in [0.2, 0.25) is 0 Å². The maximum absolute atomic E-state index is 12.8. The molecule has 1 amide bonds. The normalized spacial score (nSPS) is 15.5. The van der Waals surface area contributed by atoms with Crippen molar-refractivity contribution in [3.05, 3.63) is 71.0 Å². The third-order valence-electron chi connectivity index (χ3n) is 4.93. The van der Waals surface area contributed by atoms with Crippen LogP contribution in [0.5, 0.6) is 0 Å². The summed E-state index contributed by atoms with van der Waals surface area (Å²) in [6.45, 7) is 8.19. The Morgan fingerprint density at radius 3 is 2.42 bits per heavy atom. The smallest absolute Gasteiger partial charge is 0.253 e. The number of hydrogen-bond acceptors (Lipinski definition) is 3. The second-order valence-electron chi connectivity index (χ2n) is 7.15. The molecule has 1 saturated heterocycles. The predicted molar refractivity (Wildman–Crippen MR) is 102 cm³/mol. The van der Waals surface area contributed by atoms with Crippen LogP contribution in [0.25, 0.3) is 5.52 Å². The largest absolute Gasteiger partial charge is 0.336 e. The second-order valence-corrected chi connectivity index (χ2v) is 7.15. The molecule has 134 valence electrons. The number of fused-ring (bicyclic) bond motifs is 1. The predicted octanol–water partition coefficient (Wildman–Crippen LogP) is 2.91. The molecule has 0 unspecified atom stereocenters. The molecule has 0 aliphatic carbocycles. The van der Waals surface area contributed by atoms with E-state index in [1.165, 1.54) is 0 Å². The van der Waals surface area contributed by atoms with Gasteiger partial charge in [-0.15, -0.1) is 0 Å². The first-order valence-corrected chi connectivity index (χ1v) is 9.12. The van der Waals surface area contributed by atoms with E-state index in [9.17, 15) is 4.79 Å². The zero-order valence-corrected chi connectivity index (χ0v) is 15.4. The van der Waals surface area contributed by atoms with Gasteiger partial charge in [0.25, 0.3) is 5.91 Å². The standard InChI is InChI=1S/C21H24N4O/c1-16-11-17(2)13-18(12-16)21(26)24-9-7-23(8-10-24)15-19-14-20-5-3-4-6-25(20)22-19/h3-6,11-14H,7-10,15H2,1-2H3. The van der Waals surface area contributed by atoms with Crippen molar-refractivity contribution >= 4 is 11.4 Å². The van der Waals surface area contributed by atoms with E-state index < -0.39 is 0 Å². The van der Waals surface area contributed by atoms with Gasteiger partial charge in [0.05, 0.1) is 11.2 Å². The monoisotopic (exact) mass is 348 g/mol. The quantitative estimate of drug-likeness (QED) is 0.731. The fourth-order valence-electron chi connectivity index (χ4n) is 3.69. The number of piperazine rings is 1. The van der Waals surface area contributed by atoms with Crippen LogP contribution in [0.3, 0.4) is 0 Å². The zero-order valence-electron chi connectivity index (χ0n) is 15.4. The van der Waals surface area contributed by atoms with Crippen molar-refractivity contribution in [3.8, 4) is 0 Å². The van der Waals surface area contributed by atoms with Crippen molar-refractivity contribution < 1.29 is 4.79 Å². The van der Waals surface area contributed by atoms with E-state index in [0.717, 1.165) is 60.6 Å². The molecular weight excluding hydrogens is 324 g/mol. The summed E-state index contributed by atoms with van der Waals surface area (Å²) >= 11 is 0. The van der Waals surface area contributed by atoms with E-state index in [1.54, 1.807) is 0 Å². The second kappa shape index (κ2) is 6.92. The van der Waals surface area contributed by atoms with Crippen molar-refractivity contribution in [2.45, 2.75) is 20.4 Å². The Balaban J connectivity index is 1.38. The number of rotatable bonds is 3. The van der Waals surface area contributed by atoms with E-state index in [1.807, 2.05) is 53.7 Å². The van der Waals surface area contributed by atoms with Crippen LogP contribution in [0.15, 0.2) is 48.7 Å². The number of pyridine rings is 1. The SMILES string of the molecule is Cc1cc(C)cc(C(=O)N2CCN(Cc3cc4ccccn4n3)CC2)c1. The first-order chi connectivity index (χ1) is 12.6. The Hall–Kier alpha value is -2.66. The van der Waals surface area contributed by atoms with E-state index in [4.69, 9.17) is 0 Å². The Kier molecular flexibility index (Phi) is 4.47. The number of aromatic nitrogens is 2. The number of benzene rings is 1. The average molecular weight is 348 g/mol. The minimum absolute atomic E-state index is 0.143. The summed E-state index contributed by atoms with van der Waals surface area (Å²) in [5.74, 6) is 0.143. The van der Waals surface area contributed by atoms with Crippen molar-refractivity contribution in [2.24, 2.45) is 0 Å². The maximum Gasteiger partial charge on any atom is 0.253 e. The molecule has 0 bridgehead atoms. The lowest BCUT2D eigenvalue weighted by Crippen LogP contribution is -2.48. The lowest BCUT2D eigenvalue weighted by atomic mass is 10.1. The van der Waals surface area contributed by atoms with Gasteiger partial charge in [-0.25, -0.2) is 4.52 Å². The molecule has 0 spiro atoms. The number of amides is 1. The number of carbonyl (C=O) groups is 1. The van der Waals surface area contributed by atoms with Crippen molar-refractivity contribution in [1.82, 2.24) is 19.4 Å². The van der Waals surface area contributed by atoms with Crippen LogP contribution in [0.1, 0.15) is 27.2 Å². The lowest BCUT2D eigenvalue weighted by molar-refractivity contribution is 0.0627. The van der Waals surface area contributed by atoms with E-state index >= 15 is 0 Å². The van der Waals surface area contributed by atoms with Crippen LogP contribution in [0, 0.1) is 13.8 Å². The molecular formula is C21H24N4O. The molecule has 0 N–H and O–H groups in total. The van der Waals surface area contributed by atoms with E-state index in [0.29, 0.717) is 0 Å².